The molecule has 0 fully saturated rings. The third-order valence-electron chi connectivity index (χ3n) is 6.88. The number of benzene rings is 3. The second-order valence-electron chi connectivity index (χ2n) is 9.41. The van der Waals surface area contributed by atoms with Gasteiger partial charge in [-0.25, -0.2) is 9.97 Å². The summed E-state index contributed by atoms with van der Waals surface area (Å²) in [5, 5.41) is 23.8. The van der Waals surface area contributed by atoms with Gasteiger partial charge in [-0.15, -0.1) is 0 Å². The van der Waals surface area contributed by atoms with E-state index in [-0.39, 0.29) is 0 Å². The molecule has 0 radical (unpaired) electrons. The molecule has 6 rings (SSSR count). The number of rotatable bonds is 4. The van der Waals surface area contributed by atoms with Gasteiger partial charge in [-0.1, -0.05) is 30.7 Å². The number of hydrogen-bond acceptors (Lipinski definition) is 8. The average Bonchev–Trinajstić information content (AvgIpc) is 3.51. The number of aromatic nitrogens is 2. The number of allylic oxidation sites excluding steroid dienone is 2. The molecule has 1 heterocycles. The molecular weight excluding hydrogens is 480 g/mol. The Labute approximate surface area is 221 Å². The Kier molecular flexibility index (Phi) is 6.55. The maximum Gasteiger partial charge on any atom is 0.162 e. The fraction of sp³-hybridized carbons (Fsp3) is 0.200. The lowest BCUT2D eigenvalue weighted by Crippen LogP contribution is -2.01. The number of anilines is 3. The number of fused-ring (bicyclic) bond motifs is 3. The van der Waals surface area contributed by atoms with Crippen molar-refractivity contribution in [3.63, 3.8) is 0 Å². The van der Waals surface area contributed by atoms with Gasteiger partial charge in [0.25, 0.3) is 0 Å². The number of hydrogen-bond donors (Lipinski definition) is 4. The Morgan fingerprint density at radius 2 is 1.68 bits per heavy atom. The normalized spacial score (nSPS) is 14.8. The van der Waals surface area contributed by atoms with Crippen molar-refractivity contribution in [2.45, 2.75) is 26.2 Å². The van der Waals surface area contributed by atoms with E-state index in [4.69, 9.17) is 15.2 Å². The van der Waals surface area contributed by atoms with Crippen LogP contribution < -0.4 is 20.5 Å². The van der Waals surface area contributed by atoms with E-state index in [0.717, 1.165) is 51.0 Å². The highest BCUT2D eigenvalue weighted by molar-refractivity contribution is 5.93. The van der Waals surface area contributed by atoms with Gasteiger partial charge >= 0.3 is 0 Å². The molecule has 2 aliphatic carbocycles. The van der Waals surface area contributed by atoms with Crippen LogP contribution >= 0.6 is 0 Å². The predicted molar refractivity (Wildman–Crippen MR) is 151 cm³/mol. The number of nitrogens with one attached hydrogen (secondary N) is 1. The Bertz CT molecular complexity index is 1610. The van der Waals surface area contributed by atoms with Crippen molar-refractivity contribution in [2.75, 3.05) is 25.3 Å². The molecule has 194 valence electrons. The lowest BCUT2D eigenvalue weighted by Gasteiger charge is -2.15. The summed E-state index contributed by atoms with van der Waals surface area (Å²) in [4.78, 5) is 8.73. The topological polar surface area (TPSA) is 123 Å². The maximum absolute atomic E-state index is 10.1. The number of ether oxygens (including phenoxy) is 2. The predicted octanol–water partition coefficient (Wildman–Crippen LogP) is 6.16. The Balaban J connectivity index is 0.000000204. The van der Waals surface area contributed by atoms with Crippen LogP contribution in [-0.2, 0) is 6.42 Å². The molecule has 0 amide bonds. The highest BCUT2D eigenvalue weighted by Gasteiger charge is 2.20. The molecule has 3 aromatic carbocycles. The van der Waals surface area contributed by atoms with E-state index < -0.39 is 0 Å². The molecule has 8 heteroatoms. The van der Waals surface area contributed by atoms with Crippen molar-refractivity contribution in [2.24, 2.45) is 0 Å². The lowest BCUT2D eigenvalue weighted by atomic mass is 10.00. The molecule has 38 heavy (non-hydrogen) atoms. The third-order valence-corrected chi connectivity index (χ3v) is 6.88. The maximum atomic E-state index is 10.1. The van der Waals surface area contributed by atoms with Gasteiger partial charge in [-0.05, 0) is 54.8 Å². The van der Waals surface area contributed by atoms with Crippen molar-refractivity contribution in [1.29, 1.82) is 0 Å². The van der Waals surface area contributed by atoms with Crippen molar-refractivity contribution >= 4 is 40.2 Å². The molecule has 0 spiro atoms. The van der Waals surface area contributed by atoms with E-state index in [1.54, 1.807) is 32.4 Å². The fourth-order valence-corrected chi connectivity index (χ4v) is 4.97. The lowest BCUT2D eigenvalue weighted by molar-refractivity contribution is 0.356. The summed E-state index contributed by atoms with van der Waals surface area (Å²) in [7, 11) is 3.20. The van der Waals surface area contributed by atoms with Crippen molar-refractivity contribution in [3.05, 3.63) is 76.6 Å². The summed E-state index contributed by atoms with van der Waals surface area (Å²) >= 11 is 0. The van der Waals surface area contributed by atoms with Gasteiger partial charge in [-0.3, -0.25) is 0 Å². The molecule has 0 saturated heterocycles. The van der Waals surface area contributed by atoms with Crippen LogP contribution in [0.2, 0.25) is 0 Å². The first-order valence-corrected chi connectivity index (χ1v) is 12.3. The molecule has 1 unspecified atom stereocenters. The average molecular weight is 511 g/mol. The molecule has 5 N–H and O–H groups in total. The molecule has 0 saturated carbocycles. The summed E-state index contributed by atoms with van der Waals surface area (Å²) in [6, 6.07) is 10.6. The zero-order valence-electron chi connectivity index (χ0n) is 21.7. The van der Waals surface area contributed by atoms with Crippen molar-refractivity contribution in [1.82, 2.24) is 9.97 Å². The summed E-state index contributed by atoms with van der Waals surface area (Å²) in [6.45, 7) is 4.12. The van der Waals surface area contributed by atoms with Crippen LogP contribution in [0.15, 0.2) is 54.4 Å². The molecule has 8 nitrogen and oxygen atoms in total. The zero-order chi connectivity index (χ0) is 27.0. The van der Waals surface area contributed by atoms with Crippen molar-refractivity contribution in [3.8, 4) is 23.0 Å². The van der Waals surface area contributed by atoms with Crippen LogP contribution in [0.5, 0.6) is 23.0 Å². The van der Waals surface area contributed by atoms with Gasteiger partial charge in [0, 0.05) is 39.9 Å². The van der Waals surface area contributed by atoms with E-state index in [1.807, 2.05) is 36.4 Å². The number of methoxy groups -OCH3 is 2. The Morgan fingerprint density at radius 1 is 0.974 bits per heavy atom. The van der Waals surface area contributed by atoms with Gasteiger partial charge in [-0.2, -0.15) is 0 Å². The number of aromatic hydroxyl groups is 2. The highest BCUT2D eigenvalue weighted by atomic mass is 16.5. The first kappa shape index (κ1) is 25.0. The van der Waals surface area contributed by atoms with E-state index >= 15 is 0 Å². The zero-order valence-corrected chi connectivity index (χ0v) is 21.7. The number of nitrogens with two attached hydrogens (primary N) is 1. The number of nitrogens with zero attached hydrogens (tertiary/aromatic N) is 2. The molecule has 1 aromatic heterocycles. The van der Waals surface area contributed by atoms with E-state index in [1.165, 1.54) is 11.9 Å². The molecular formula is C30H30N4O4. The molecule has 0 bridgehead atoms. The largest absolute Gasteiger partial charge is 0.507 e. The summed E-state index contributed by atoms with van der Waals surface area (Å²) in [5.74, 6) is 2.85. The molecule has 1 atom stereocenters. The third kappa shape index (κ3) is 4.45. The van der Waals surface area contributed by atoms with Crippen molar-refractivity contribution < 1.29 is 19.7 Å². The minimum Gasteiger partial charge on any atom is -0.507 e. The Morgan fingerprint density at radius 3 is 2.42 bits per heavy atom. The van der Waals surface area contributed by atoms with Crippen LogP contribution in [0.4, 0.5) is 17.2 Å². The van der Waals surface area contributed by atoms with Crippen LogP contribution in [0, 0.1) is 0 Å². The van der Waals surface area contributed by atoms with Crippen LogP contribution in [0.1, 0.15) is 42.0 Å². The van der Waals surface area contributed by atoms with Gasteiger partial charge in [0.2, 0.25) is 0 Å². The van der Waals surface area contributed by atoms with E-state index in [9.17, 15) is 10.2 Å². The van der Waals surface area contributed by atoms with Gasteiger partial charge in [0.05, 0.1) is 19.7 Å². The second kappa shape index (κ2) is 9.97. The molecule has 2 aliphatic rings. The first-order valence-electron chi connectivity index (χ1n) is 12.3. The molecule has 0 aliphatic heterocycles. The van der Waals surface area contributed by atoms with E-state index in [0.29, 0.717) is 34.7 Å². The monoisotopic (exact) mass is 510 g/mol. The number of nitrogen functional groups attached to an aromatic ring is 1. The van der Waals surface area contributed by atoms with Gasteiger partial charge in [0.15, 0.2) is 11.5 Å². The van der Waals surface area contributed by atoms with Crippen LogP contribution in [-0.4, -0.2) is 34.4 Å². The standard InChI is InChI=1S/C20H19N3O3.C10H11NO/c1-11-6-12-13(7-11)17(24)5-4-15(12)23-20-14-8-18(25-2)19(26-3)9-16(14)21-10-22-20;1-6-2-3-7-9(12)5-4-8(11)10(6)7/h4-5,7-10,24H,6H2,1-3H3,(H,21,22,23);2-6,12H,11H2,1H3. The smallest absolute Gasteiger partial charge is 0.162 e. The summed E-state index contributed by atoms with van der Waals surface area (Å²) < 4.78 is 10.8. The summed E-state index contributed by atoms with van der Waals surface area (Å²) in [5.41, 5.74) is 13.3. The second-order valence-corrected chi connectivity index (χ2v) is 9.41. The SMILES string of the molecule is CC1C=Cc2c(O)ccc(N)c21.COc1cc2ncnc(Nc3ccc(O)c4c3CC(C)=C4)c2cc1OC. The quantitative estimate of drug-likeness (QED) is 0.190. The molecule has 4 aromatic rings. The summed E-state index contributed by atoms with van der Waals surface area (Å²) in [6.07, 6.45) is 8.29. The Hall–Kier alpha value is -4.72. The fourth-order valence-electron chi connectivity index (χ4n) is 4.97. The number of phenolic OH excluding ortho intramolecular Hbond substituents is 2. The highest BCUT2D eigenvalue weighted by Crippen LogP contribution is 2.40. The minimum atomic E-state index is 0.293. The van der Waals surface area contributed by atoms with Crippen LogP contribution in [0.25, 0.3) is 23.1 Å². The van der Waals surface area contributed by atoms with Crippen LogP contribution in [0.3, 0.4) is 0 Å². The van der Waals surface area contributed by atoms with Gasteiger partial charge in [0.1, 0.15) is 23.6 Å². The number of phenols is 2. The first-order chi connectivity index (χ1) is 18.3. The minimum absolute atomic E-state index is 0.293. The van der Waals surface area contributed by atoms with E-state index in [2.05, 4.69) is 29.1 Å². The van der Waals surface area contributed by atoms with Gasteiger partial charge < -0.3 is 30.7 Å².